The Morgan fingerprint density at radius 2 is 2.20 bits per heavy atom. The monoisotopic (exact) mass is 228 g/mol. The minimum Gasteiger partial charge on any atom is -0.381 e. The summed E-state index contributed by atoms with van der Waals surface area (Å²) in [6.45, 7) is 1.53. The molecule has 1 aromatic heterocycles. The molecular formula is C8H12N4O2S. The Kier molecular flexibility index (Phi) is 3.12. The van der Waals surface area contributed by atoms with Gasteiger partial charge >= 0.3 is 6.03 Å². The number of ether oxygens (including phenoxy) is 1. The minimum atomic E-state index is -0.607. The number of rotatable bonds is 2. The average Bonchev–Trinajstić information content (AvgIpc) is 2.67. The van der Waals surface area contributed by atoms with Gasteiger partial charge in [-0.3, -0.25) is 5.32 Å². The first kappa shape index (κ1) is 10.3. The molecule has 6 nitrogen and oxygen atoms in total. The third-order valence-corrected chi connectivity index (χ3v) is 3.24. The molecule has 0 atom stereocenters. The number of nitrogens with zero attached hydrogens (tertiary/aromatic N) is 2. The molecule has 2 amide bonds. The molecule has 1 aliphatic heterocycles. The zero-order valence-electron chi connectivity index (χ0n) is 8.10. The van der Waals surface area contributed by atoms with Gasteiger partial charge in [0.05, 0.1) is 0 Å². The first-order valence-corrected chi connectivity index (χ1v) is 5.55. The normalized spacial score (nSPS) is 17.6. The van der Waals surface area contributed by atoms with Gasteiger partial charge in [0.2, 0.25) is 5.13 Å². The molecule has 0 aromatic carbocycles. The molecule has 0 unspecified atom stereocenters. The third kappa shape index (κ3) is 2.63. The van der Waals surface area contributed by atoms with Crippen LogP contribution in [-0.2, 0) is 4.74 Å². The summed E-state index contributed by atoms with van der Waals surface area (Å²) < 4.78 is 5.26. The second kappa shape index (κ2) is 4.54. The first-order chi connectivity index (χ1) is 7.25. The predicted molar refractivity (Wildman–Crippen MR) is 55.9 cm³/mol. The number of hydrogen-bond acceptors (Lipinski definition) is 5. The van der Waals surface area contributed by atoms with Crippen LogP contribution < -0.4 is 11.1 Å². The van der Waals surface area contributed by atoms with Crippen LogP contribution in [0.15, 0.2) is 0 Å². The zero-order chi connectivity index (χ0) is 10.7. The lowest BCUT2D eigenvalue weighted by Crippen LogP contribution is -2.19. The highest BCUT2D eigenvalue weighted by Gasteiger charge is 2.20. The fourth-order valence-electron chi connectivity index (χ4n) is 1.50. The summed E-state index contributed by atoms with van der Waals surface area (Å²) in [6, 6.07) is -0.607. The number of primary amides is 1. The van der Waals surface area contributed by atoms with Gasteiger partial charge in [-0.05, 0) is 12.8 Å². The molecule has 0 saturated carbocycles. The summed E-state index contributed by atoms with van der Waals surface area (Å²) in [5, 5.41) is 11.7. The number of carbonyl (C=O) groups is 1. The second-order valence-electron chi connectivity index (χ2n) is 3.32. The molecule has 7 heteroatoms. The van der Waals surface area contributed by atoms with Crippen molar-refractivity contribution in [3.05, 3.63) is 5.01 Å². The Hall–Kier alpha value is -1.21. The lowest BCUT2D eigenvalue weighted by atomic mass is 10.0. The van der Waals surface area contributed by atoms with E-state index in [2.05, 4.69) is 15.5 Å². The van der Waals surface area contributed by atoms with Gasteiger partial charge in [-0.1, -0.05) is 11.3 Å². The molecule has 1 saturated heterocycles. The summed E-state index contributed by atoms with van der Waals surface area (Å²) in [5.41, 5.74) is 4.98. The van der Waals surface area contributed by atoms with Crippen molar-refractivity contribution in [1.29, 1.82) is 0 Å². The summed E-state index contributed by atoms with van der Waals surface area (Å²) >= 11 is 1.38. The highest BCUT2D eigenvalue weighted by atomic mass is 32.1. The summed E-state index contributed by atoms with van der Waals surface area (Å²) in [7, 11) is 0. The maximum atomic E-state index is 10.6. The Labute approximate surface area is 90.8 Å². The van der Waals surface area contributed by atoms with E-state index in [4.69, 9.17) is 10.5 Å². The smallest absolute Gasteiger partial charge is 0.318 e. The largest absolute Gasteiger partial charge is 0.381 e. The van der Waals surface area contributed by atoms with Crippen molar-refractivity contribution in [2.75, 3.05) is 18.5 Å². The molecule has 3 N–H and O–H groups in total. The molecule has 15 heavy (non-hydrogen) atoms. The molecule has 1 aliphatic rings. The minimum absolute atomic E-state index is 0.402. The maximum absolute atomic E-state index is 10.6. The maximum Gasteiger partial charge on any atom is 0.318 e. The van der Waals surface area contributed by atoms with Gasteiger partial charge in [-0.25, -0.2) is 4.79 Å². The molecule has 1 fully saturated rings. The second-order valence-corrected chi connectivity index (χ2v) is 4.33. The number of amides is 2. The number of aromatic nitrogens is 2. The zero-order valence-corrected chi connectivity index (χ0v) is 8.92. The molecule has 0 radical (unpaired) electrons. The molecule has 0 spiro atoms. The van der Waals surface area contributed by atoms with E-state index in [0.29, 0.717) is 11.0 Å². The fourth-order valence-corrected chi connectivity index (χ4v) is 2.42. The van der Waals surface area contributed by atoms with Gasteiger partial charge in [-0.2, -0.15) is 0 Å². The van der Waals surface area contributed by atoms with E-state index in [9.17, 15) is 4.79 Å². The molecule has 2 rings (SSSR count). The van der Waals surface area contributed by atoms with E-state index in [1.165, 1.54) is 11.3 Å². The van der Waals surface area contributed by atoms with E-state index in [1.807, 2.05) is 0 Å². The van der Waals surface area contributed by atoms with Gasteiger partial charge < -0.3 is 10.5 Å². The standard InChI is InChI=1S/C8H12N4O2S/c9-7(13)10-8-12-11-6(15-8)5-1-3-14-4-2-5/h5H,1-4H2,(H3,9,10,12,13). The Morgan fingerprint density at radius 3 is 2.87 bits per heavy atom. The lowest BCUT2D eigenvalue weighted by Gasteiger charge is -2.18. The van der Waals surface area contributed by atoms with E-state index in [1.54, 1.807) is 0 Å². The molecule has 2 heterocycles. The summed E-state index contributed by atoms with van der Waals surface area (Å²) in [6.07, 6.45) is 1.93. The van der Waals surface area contributed by atoms with Crippen LogP contribution in [-0.4, -0.2) is 29.4 Å². The van der Waals surface area contributed by atoms with Crippen molar-refractivity contribution >= 4 is 22.5 Å². The van der Waals surface area contributed by atoms with Gasteiger partial charge in [0, 0.05) is 19.1 Å². The number of carbonyl (C=O) groups excluding carboxylic acids is 1. The van der Waals surface area contributed by atoms with Crippen LogP contribution in [0.25, 0.3) is 0 Å². The fraction of sp³-hybridized carbons (Fsp3) is 0.625. The highest BCUT2D eigenvalue weighted by molar-refractivity contribution is 7.15. The first-order valence-electron chi connectivity index (χ1n) is 4.73. The van der Waals surface area contributed by atoms with Crippen LogP contribution in [0.5, 0.6) is 0 Å². The van der Waals surface area contributed by atoms with Gasteiger partial charge in [0.1, 0.15) is 5.01 Å². The van der Waals surface area contributed by atoms with Crippen LogP contribution in [0.4, 0.5) is 9.93 Å². The summed E-state index contributed by atoms with van der Waals surface area (Å²) in [5.74, 6) is 0.402. The van der Waals surface area contributed by atoms with Crippen molar-refractivity contribution < 1.29 is 9.53 Å². The molecule has 1 aromatic rings. The number of anilines is 1. The van der Waals surface area contributed by atoms with Crippen molar-refractivity contribution in [2.45, 2.75) is 18.8 Å². The third-order valence-electron chi connectivity index (χ3n) is 2.24. The average molecular weight is 228 g/mol. The van der Waals surface area contributed by atoms with Crippen LogP contribution in [0.3, 0.4) is 0 Å². The Balaban J connectivity index is 2.02. The van der Waals surface area contributed by atoms with E-state index in [0.717, 1.165) is 31.1 Å². The van der Waals surface area contributed by atoms with Crippen molar-refractivity contribution in [2.24, 2.45) is 5.73 Å². The quantitative estimate of drug-likeness (QED) is 0.787. The van der Waals surface area contributed by atoms with Gasteiger partial charge in [0.25, 0.3) is 0 Å². The highest BCUT2D eigenvalue weighted by Crippen LogP contribution is 2.30. The summed E-state index contributed by atoms with van der Waals surface area (Å²) in [4.78, 5) is 10.6. The predicted octanol–water partition coefficient (Wildman–Crippen LogP) is 0.923. The van der Waals surface area contributed by atoms with E-state index >= 15 is 0 Å². The topological polar surface area (TPSA) is 90.1 Å². The van der Waals surface area contributed by atoms with Gasteiger partial charge in [-0.15, -0.1) is 10.2 Å². The molecule has 0 aliphatic carbocycles. The van der Waals surface area contributed by atoms with Crippen molar-refractivity contribution in [3.63, 3.8) is 0 Å². The van der Waals surface area contributed by atoms with Crippen LogP contribution in [0, 0.1) is 0 Å². The number of urea groups is 1. The van der Waals surface area contributed by atoms with Gasteiger partial charge in [0.15, 0.2) is 0 Å². The lowest BCUT2D eigenvalue weighted by molar-refractivity contribution is 0.0851. The molecular weight excluding hydrogens is 216 g/mol. The number of hydrogen-bond donors (Lipinski definition) is 2. The van der Waals surface area contributed by atoms with Crippen LogP contribution in [0.1, 0.15) is 23.8 Å². The molecule has 82 valence electrons. The van der Waals surface area contributed by atoms with E-state index < -0.39 is 6.03 Å². The van der Waals surface area contributed by atoms with Crippen LogP contribution in [0.2, 0.25) is 0 Å². The number of nitrogens with one attached hydrogen (secondary N) is 1. The Morgan fingerprint density at radius 1 is 1.47 bits per heavy atom. The van der Waals surface area contributed by atoms with Crippen molar-refractivity contribution in [3.8, 4) is 0 Å². The number of nitrogens with two attached hydrogens (primary N) is 1. The van der Waals surface area contributed by atoms with Crippen molar-refractivity contribution in [1.82, 2.24) is 10.2 Å². The van der Waals surface area contributed by atoms with E-state index in [-0.39, 0.29) is 0 Å². The molecule has 0 bridgehead atoms. The SMILES string of the molecule is NC(=O)Nc1nnc(C2CCOCC2)s1. The Bertz CT molecular complexity index is 348. The van der Waals surface area contributed by atoms with Crippen LogP contribution >= 0.6 is 11.3 Å².